The zero-order valence-corrected chi connectivity index (χ0v) is 11.8. The number of allylic oxidation sites excluding steroid dienone is 2. The first-order chi connectivity index (χ1) is 7.76. The molecule has 17 heavy (non-hydrogen) atoms. The van der Waals surface area contributed by atoms with Gasteiger partial charge in [-0.1, -0.05) is 38.8 Å². The average molecular weight is 232 g/mol. The van der Waals surface area contributed by atoms with Crippen LogP contribution >= 0.6 is 0 Å². The van der Waals surface area contributed by atoms with Crippen LogP contribution in [0, 0.1) is 22.2 Å². The number of fused-ring (bicyclic) bond motifs is 2. The summed E-state index contributed by atoms with van der Waals surface area (Å²) in [6.45, 7) is 11.5. The lowest BCUT2D eigenvalue weighted by Crippen LogP contribution is -2.59. The summed E-state index contributed by atoms with van der Waals surface area (Å²) in [4.78, 5) is 12.6. The molecule has 2 bridgehead atoms. The molecular formula is C16H24O. The van der Waals surface area contributed by atoms with Crippen LogP contribution < -0.4 is 0 Å². The molecular weight excluding hydrogens is 208 g/mol. The predicted molar refractivity (Wildman–Crippen MR) is 69.7 cm³/mol. The third-order valence-corrected chi connectivity index (χ3v) is 6.65. The molecule has 1 unspecified atom stereocenters. The first-order valence-electron chi connectivity index (χ1n) is 7.00. The van der Waals surface area contributed by atoms with Crippen LogP contribution in [-0.2, 0) is 4.79 Å². The summed E-state index contributed by atoms with van der Waals surface area (Å²) >= 11 is 0. The lowest BCUT2D eigenvalue weighted by molar-refractivity contribution is -0.151. The molecule has 0 saturated heterocycles. The highest BCUT2D eigenvalue weighted by Crippen LogP contribution is 2.72. The van der Waals surface area contributed by atoms with E-state index in [0.717, 1.165) is 12.8 Å². The summed E-state index contributed by atoms with van der Waals surface area (Å²) in [5, 5.41) is 0. The van der Waals surface area contributed by atoms with E-state index in [-0.39, 0.29) is 16.2 Å². The highest BCUT2D eigenvalue weighted by atomic mass is 16.1. The molecule has 4 aliphatic rings. The lowest BCUT2D eigenvalue weighted by atomic mass is 9.41. The summed E-state index contributed by atoms with van der Waals surface area (Å²) in [7, 11) is 0. The first-order valence-corrected chi connectivity index (χ1v) is 7.00. The Morgan fingerprint density at radius 2 is 1.82 bits per heavy atom. The van der Waals surface area contributed by atoms with Gasteiger partial charge in [0.15, 0.2) is 0 Å². The van der Waals surface area contributed by atoms with Crippen molar-refractivity contribution in [3.63, 3.8) is 0 Å². The predicted octanol–water partition coefficient (Wildman–Crippen LogP) is 4.13. The van der Waals surface area contributed by atoms with Crippen molar-refractivity contribution in [2.45, 2.75) is 60.3 Å². The second kappa shape index (κ2) is 2.87. The van der Waals surface area contributed by atoms with Crippen molar-refractivity contribution in [2.24, 2.45) is 22.2 Å². The third-order valence-electron chi connectivity index (χ3n) is 6.65. The second-order valence-corrected chi connectivity index (χ2v) is 7.47. The standard InChI is InChI=1S/C16H24O/c1-10-8-11(2)16-7-6-15(5,12(17)9-16)14(3,4)13(10)16/h11H,6-9H2,1-5H3/t11?,15-,16+/m0/s1. The Morgan fingerprint density at radius 3 is 2.41 bits per heavy atom. The largest absolute Gasteiger partial charge is 0.299 e. The highest BCUT2D eigenvalue weighted by molar-refractivity contribution is 5.90. The maximum Gasteiger partial charge on any atom is 0.140 e. The van der Waals surface area contributed by atoms with E-state index in [0.29, 0.717) is 11.7 Å². The summed E-state index contributed by atoms with van der Waals surface area (Å²) in [6, 6.07) is 0. The molecule has 0 aromatic rings. The maximum atomic E-state index is 12.6. The van der Waals surface area contributed by atoms with Gasteiger partial charge in [0.2, 0.25) is 0 Å². The normalized spacial score (nSPS) is 47.6. The maximum absolute atomic E-state index is 12.6. The van der Waals surface area contributed by atoms with Crippen molar-refractivity contribution in [3.8, 4) is 0 Å². The van der Waals surface area contributed by atoms with E-state index in [9.17, 15) is 4.79 Å². The SMILES string of the molecule is CC1=C2C(C)(C)[C@@]3(C)CC[C@@]2(CC3=O)C(C)C1. The molecule has 94 valence electrons. The Hall–Kier alpha value is -0.590. The molecule has 0 aromatic heterocycles. The summed E-state index contributed by atoms with van der Waals surface area (Å²) in [5.41, 5.74) is 3.46. The van der Waals surface area contributed by atoms with Gasteiger partial charge < -0.3 is 0 Å². The quantitative estimate of drug-likeness (QED) is 0.574. The fourth-order valence-corrected chi connectivity index (χ4v) is 5.34. The van der Waals surface area contributed by atoms with Crippen LogP contribution in [0.5, 0.6) is 0 Å². The highest BCUT2D eigenvalue weighted by Gasteiger charge is 2.66. The Morgan fingerprint density at radius 1 is 1.18 bits per heavy atom. The van der Waals surface area contributed by atoms with Gasteiger partial charge in [0.25, 0.3) is 0 Å². The van der Waals surface area contributed by atoms with E-state index in [1.165, 1.54) is 12.8 Å². The van der Waals surface area contributed by atoms with E-state index in [2.05, 4.69) is 34.6 Å². The minimum absolute atomic E-state index is 0.0788. The molecule has 0 N–H and O–H groups in total. The van der Waals surface area contributed by atoms with Crippen molar-refractivity contribution < 1.29 is 4.79 Å². The summed E-state index contributed by atoms with van der Waals surface area (Å²) < 4.78 is 0. The number of rotatable bonds is 0. The van der Waals surface area contributed by atoms with E-state index in [4.69, 9.17) is 0 Å². The fraction of sp³-hybridized carbons (Fsp3) is 0.812. The van der Waals surface area contributed by atoms with E-state index in [1.807, 2.05) is 0 Å². The van der Waals surface area contributed by atoms with Gasteiger partial charge in [-0.15, -0.1) is 0 Å². The van der Waals surface area contributed by atoms with Crippen LogP contribution in [0.25, 0.3) is 0 Å². The van der Waals surface area contributed by atoms with Crippen molar-refractivity contribution >= 4 is 5.78 Å². The molecule has 0 aliphatic heterocycles. The molecule has 1 heteroatoms. The molecule has 1 nitrogen and oxygen atoms in total. The monoisotopic (exact) mass is 232 g/mol. The Bertz CT molecular complexity index is 442. The van der Waals surface area contributed by atoms with Gasteiger partial charge in [0.1, 0.15) is 5.78 Å². The Balaban J connectivity index is 2.27. The van der Waals surface area contributed by atoms with Crippen LogP contribution in [0.15, 0.2) is 11.1 Å². The van der Waals surface area contributed by atoms with Gasteiger partial charge >= 0.3 is 0 Å². The zero-order chi connectivity index (χ0) is 12.6. The second-order valence-electron chi connectivity index (χ2n) is 7.47. The number of carbonyl (C=O) groups is 1. The van der Waals surface area contributed by atoms with E-state index in [1.54, 1.807) is 11.1 Å². The minimum Gasteiger partial charge on any atom is -0.299 e. The van der Waals surface area contributed by atoms with Gasteiger partial charge in [-0.3, -0.25) is 4.79 Å². The van der Waals surface area contributed by atoms with Gasteiger partial charge in [-0.25, -0.2) is 0 Å². The number of carbonyl (C=O) groups excluding carboxylic acids is 1. The third kappa shape index (κ3) is 1.01. The molecule has 3 fully saturated rings. The van der Waals surface area contributed by atoms with Gasteiger partial charge in [-0.05, 0) is 37.5 Å². The average Bonchev–Trinajstić information content (AvgIpc) is 2.44. The van der Waals surface area contributed by atoms with Crippen molar-refractivity contribution in [3.05, 3.63) is 11.1 Å². The fourth-order valence-electron chi connectivity index (χ4n) is 5.34. The summed E-state index contributed by atoms with van der Waals surface area (Å²) in [6.07, 6.45) is 4.37. The number of hydrogen-bond donors (Lipinski definition) is 0. The minimum atomic E-state index is -0.102. The van der Waals surface area contributed by atoms with Gasteiger partial charge in [0, 0.05) is 17.3 Å². The number of ketones is 1. The van der Waals surface area contributed by atoms with Crippen molar-refractivity contribution in [1.82, 2.24) is 0 Å². The smallest absolute Gasteiger partial charge is 0.140 e. The first kappa shape index (κ1) is 11.5. The molecule has 1 spiro atoms. The Kier molecular flexibility index (Phi) is 1.94. The molecule has 3 saturated carbocycles. The lowest BCUT2D eigenvalue weighted by Gasteiger charge is -2.62. The van der Waals surface area contributed by atoms with Crippen LogP contribution in [-0.4, -0.2) is 5.78 Å². The van der Waals surface area contributed by atoms with Crippen molar-refractivity contribution in [2.75, 3.05) is 0 Å². The molecule has 3 atom stereocenters. The summed E-state index contributed by atoms with van der Waals surface area (Å²) in [5.74, 6) is 1.20. The molecule has 0 radical (unpaired) electrons. The van der Waals surface area contributed by atoms with Crippen LogP contribution in [0.2, 0.25) is 0 Å². The van der Waals surface area contributed by atoms with Gasteiger partial charge in [0.05, 0.1) is 0 Å². The molecule has 0 amide bonds. The zero-order valence-electron chi connectivity index (χ0n) is 11.8. The van der Waals surface area contributed by atoms with E-state index < -0.39 is 0 Å². The van der Waals surface area contributed by atoms with Crippen LogP contribution in [0.1, 0.15) is 60.3 Å². The molecule has 0 aromatic carbocycles. The Labute approximate surface area is 105 Å². The molecule has 0 heterocycles. The number of Topliss-reactive ketones (excluding diaryl/α,β-unsaturated/α-hetero) is 1. The topological polar surface area (TPSA) is 17.1 Å². The molecule has 4 rings (SSSR count). The van der Waals surface area contributed by atoms with Crippen LogP contribution in [0.3, 0.4) is 0 Å². The van der Waals surface area contributed by atoms with Gasteiger partial charge in [-0.2, -0.15) is 0 Å². The van der Waals surface area contributed by atoms with E-state index >= 15 is 0 Å². The molecule has 4 aliphatic carbocycles. The number of hydrogen-bond acceptors (Lipinski definition) is 1. The van der Waals surface area contributed by atoms with Crippen LogP contribution in [0.4, 0.5) is 0 Å². The van der Waals surface area contributed by atoms with Crippen molar-refractivity contribution in [1.29, 1.82) is 0 Å².